The van der Waals surface area contributed by atoms with Crippen molar-refractivity contribution < 1.29 is 9.22 Å². The van der Waals surface area contributed by atoms with Gasteiger partial charge in [0, 0.05) is 6.08 Å². The third-order valence-electron chi connectivity index (χ3n) is 1.98. The van der Waals surface area contributed by atoms with Crippen molar-refractivity contribution in [2.24, 2.45) is 0 Å². The van der Waals surface area contributed by atoms with Crippen molar-refractivity contribution in [3.63, 3.8) is 0 Å². The summed E-state index contributed by atoms with van der Waals surface area (Å²) < 4.78 is 5.83. The summed E-state index contributed by atoms with van der Waals surface area (Å²) in [5.74, 6) is 0.827. The van der Waals surface area contributed by atoms with Gasteiger partial charge in [-0.05, 0) is 33.0 Å². The van der Waals surface area contributed by atoms with Crippen LogP contribution in [0, 0.1) is 0 Å². The van der Waals surface area contributed by atoms with Crippen molar-refractivity contribution in [3.8, 4) is 0 Å². The SMILES string of the molecule is CCCC[Si](C)(C)O/C(C)=C/C(C)=O. The van der Waals surface area contributed by atoms with Crippen LogP contribution >= 0.6 is 0 Å². The Kier molecular flexibility index (Phi) is 5.77. The summed E-state index contributed by atoms with van der Waals surface area (Å²) in [6.45, 7) is 9.98. The Labute approximate surface area is 88.5 Å². The maximum absolute atomic E-state index is 10.8. The van der Waals surface area contributed by atoms with Gasteiger partial charge in [-0.15, -0.1) is 0 Å². The first-order valence-corrected chi connectivity index (χ1v) is 8.37. The number of rotatable bonds is 6. The molecule has 0 saturated heterocycles. The normalized spacial score (nSPS) is 12.8. The van der Waals surface area contributed by atoms with Crippen LogP contribution in [-0.2, 0) is 9.22 Å². The second kappa shape index (κ2) is 6.01. The van der Waals surface area contributed by atoms with Gasteiger partial charge in [-0.2, -0.15) is 0 Å². The summed E-state index contributed by atoms with van der Waals surface area (Å²) in [7, 11) is -1.57. The highest BCUT2D eigenvalue weighted by Crippen LogP contribution is 2.18. The quantitative estimate of drug-likeness (QED) is 0.384. The molecule has 14 heavy (non-hydrogen) atoms. The van der Waals surface area contributed by atoms with Crippen molar-refractivity contribution in [2.75, 3.05) is 0 Å². The highest BCUT2D eigenvalue weighted by Gasteiger charge is 2.23. The lowest BCUT2D eigenvalue weighted by Crippen LogP contribution is -2.29. The van der Waals surface area contributed by atoms with E-state index in [9.17, 15) is 4.79 Å². The van der Waals surface area contributed by atoms with E-state index in [-0.39, 0.29) is 5.78 Å². The number of hydrogen-bond acceptors (Lipinski definition) is 2. The molecule has 0 amide bonds. The molecule has 0 N–H and O–H groups in total. The topological polar surface area (TPSA) is 26.3 Å². The van der Waals surface area contributed by atoms with E-state index in [2.05, 4.69) is 20.0 Å². The maximum Gasteiger partial charge on any atom is 0.244 e. The van der Waals surface area contributed by atoms with Crippen LogP contribution in [0.2, 0.25) is 19.1 Å². The van der Waals surface area contributed by atoms with Gasteiger partial charge < -0.3 is 4.43 Å². The van der Waals surface area contributed by atoms with Crippen LogP contribution in [0.1, 0.15) is 33.6 Å². The van der Waals surface area contributed by atoms with Crippen LogP contribution in [0.25, 0.3) is 0 Å². The number of carbonyl (C=O) groups is 1. The molecule has 3 heteroatoms. The molecule has 0 aliphatic rings. The van der Waals surface area contributed by atoms with Crippen molar-refractivity contribution >= 4 is 14.1 Å². The number of allylic oxidation sites excluding steroid dienone is 2. The van der Waals surface area contributed by atoms with E-state index in [1.807, 2.05) is 6.92 Å². The average Bonchev–Trinajstić information content (AvgIpc) is 1.98. The largest absolute Gasteiger partial charge is 0.547 e. The highest BCUT2D eigenvalue weighted by molar-refractivity contribution is 6.71. The maximum atomic E-state index is 10.8. The van der Waals surface area contributed by atoms with Gasteiger partial charge in [0.1, 0.15) is 0 Å². The molecule has 82 valence electrons. The molecule has 0 spiro atoms. The molecule has 0 heterocycles. The van der Waals surface area contributed by atoms with Gasteiger partial charge in [-0.3, -0.25) is 4.79 Å². The summed E-state index contributed by atoms with van der Waals surface area (Å²) in [5, 5.41) is 0. The third-order valence-corrected chi connectivity index (χ3v) is 4.41. The molecule has 0 aromatic carbocycles. The van der Waals surface area contributed by atoms with E-state index >= 15 is 0 Å². The second-order valence-corrected chi connectivity index (χ2v) is 8.55. The minimum absolute atomic E-state index is 0.0581. The fourth-order valence-electron chi connectivity index (χ4n) is 1.41. The molecule has 0 saturated carbocycles. The molecular weight excluding hydrogens is 192 g/mol. The van der Waals surface area contributed by atoms with E-state index in [1.54, 1.807) is 13.0 Å². The lowest BCUT2D eigenvalue weighted by molar-refractivity contribution is -0.112. The van der Waals surface area contributed by atoms with Crippen LogP contribution in [0.15, 0.2) is 11.8 Å². The van der Waals surface area contributed by atoms with Crippen LogP contribution < -0.4 is 0 Å². The van der Waals surface area contributed by atoms with Gasteiger partial charge in [0.05, 0.1) is 5.76 Å². The van der Waals surface area contributed by atoms with Crippen molar-refractivity contribution in [1.29, 1.82) is 0 Å². The smallest absolute Gasteiger partial charge is 0.244 e. The zero-order valence-electron chi connectivity index (χ0n) is 10.0. The molecule has 0 aromatic heterocycles. The Morgan fingerprint density at radius 1 is 1.36 bits per heavy atom. The van der Waals surface area contributed by atoms with E-state index in [1.165, 1.54) is 12.8 Å². The van der Waals surface area contributed by atoms with Gasteiger partial charge in [0.25, 0.3) is 0 Å². The first-order valence-electron chi connectivity index (χ1n) is 5.25. The summed E-state index contributed by atoms with van der Waals surface area (Å²) in [6, 6.07) is 1.16. The minimum atomic E-state index is -1.57. The standard InChI is InChI=1S/C11H22O2Si/c1-6-7-8-14(4,5)13-11(3)9-10(2)12/h9H,6-8H2,1-5H3/b11-9+. The molecule has 0 atom stereocenters. The predicted molar refractivity (Wildman–Crippen MR) is 62.7 cm³/mol. The Morgan fingerprint density at radius 3 is 2.36 bits per heavy atom. The molecular formula is C11H22O2Si. The zero-order chi connectivity index (χ0) is 11.2. The third kappa shape index (κ3) is 6.89. The highest BCUT2D eigenvalue weighted by atomic mass is 28.4. The average molecular weight is 214 g/mol. The monoisotopic (exact) mass is 214 g/mol. The zero-order valence-corrected chi connectivity index (χ0v) is 11.0. The van der Waals surface area contributed by atoms with Crippen LogP contribution in [0.4, 0.5) is 0 Å². The molecule has 0 rings (SSSR count). The summed E-state index contributed by atoms with van der Waals surface area (Å²) in [5.41, 5.74) is 0. The van der Waals surface area contributed by atoms with Gasteiger partial charge in [-0.1, -0.05) is 19.8 Å². The molecule has 0 fully saturated rings. The van der Waals surface area contributed by atoms with Gasteiger partial charge >= 0.3 is 0 Å². The fraction of sp³-hybridized carbons (Fsp3) is 0.727. The Balaban J connectivity index is 4.13. The van der Waals surface area contributed by atoms with Crippen molar-refractivity contribution in [3.05, 3.63) is 11.8 Å². The second-order valence-electron chi connectivity index (χ2n) is 4.33. The lowest BCUT2D eigenvalue weighted by atomic mass is 10.4. The van der Waals surface area contributed by atoms with E-state index < -0.39 is 8.32 Å². The Bertz CT molecular complexity index is 219. The van der Waals surface area contributed by atoms with Crippen LogP contribution in [-0.4, -0.2) is 14.1 Å². The number of unbranched alkanes of at least 4 members (excludes halogenated alkanes) is 1. The predicted octanol–water partition coefficient (Wildman–Crippen LogP) is 3.50. The van der Waals surface area contributed by atoms with Crippen molar-refractivity contribution in [1.82, 2.24) is 0 Å². The molecule has 0 radical (unpaired) electrons. The van der Waals surface area contributed by atoms with Gasteiger partial charge in [-0.25, -0.2) is 0 Å². The fourth-order valence-corrected chi connectivity index (χ4v) is 3.64. The molecule has 0 aromatic rings. The van der Waals surface area contributed by atoms with E-state index in [4.69, 9.17) is 4.43 Å². The first kappa shape index (κ1) is 13.4. The molecule has 0 bridgehead atoms. The van der Waals surface area contributed by atoms with Gasteiger partial charge in [0.15, 0.2) is 5.78 Å². The molecule has 2 nitrogen and oxygen atoms in total. The molecule has 0 unspecified atom stereocenters. The van der Waals surface area contributed by atoms with E-state index in [0.717, 1.165) is 11.8 Å². The Hall–Kier alpha value is -0.573. The number of hydrogen-bond donors (Lipinski definition) is 0. The van der Waals surface area contributed by atoms with Crippen molar-refractivity contribution in [2.45, 2.75) is 52.8 Å². The van der Waals surface area contributed by atoms with Crippen LogP contribution in [0.3, 0.4) is 0 Å². The summed E-state index contributed by atoms with van der Waals surface area (Å²) in [4.78, 5) is 10.8. The summed E-state index contributed by atoms with van der Waals surface area (Å²) in [6.07, 6.45) is 3.99. The van der Waals surface area contributed by atoms with Gasteiger partial charge in [0.2, 0.25) is 8.32 Å². The lowest BCUT2D eigenvalue weighted by Gasteiger charge is -2.24. The summed E-state index contributed by atoms with van der Waals surface area (Å²) >= 11 is 0. The van der Waals surface area contributed by atoms with Crippen LogP contribution in [0.5, 0.6) is 0 Å². The number of ketones is 1. The Morgan fingerprint density at radius 2 is 1.93 bits per heavy atom. The first-order chi connectivity index (χ1) is 6.37. The number of carbonyl (C=O) groups excluding carboxylic acids is 1. The molecule has 0 aliphatic heterocycles. The molecule has 0 aliphatic carbocycles. The minimum Gasteiger partial charge on any atom is -0.547 e. The van der Waals surface area contributed by atoms with E-state index in [0.29, 0.717) is 0 Å².